The van der Waals surface area contributed by atoms with E-state index >= 15 is 0 Å². The molecule has 348 valence electrons. The molecule has 0 bridgehead atoms. The number of hydrogen-bond donors (Lipinski definition) is 1. The van der Waals surface area contributed by atoms with Crippen molar-refractivity contribution in [3.63, 3.8) is 0 Å². The van der Waals surface area contributed by atoms with Crippen molar-refractivity contribution in [1.82, 2.24) is 29.1 Å². The topological polar surface area (TPSA) is 125 Å². The Morgan fingerprint density at radius 1 is 0.552 bits per heavy atom. The second kappa shape index (κ2) is 19.3. The average Bonchev–Trinajstić information content (AvgIpc) is 3.23. The van der Waals surface area contributed by atoms with Crippen molar-refractivity contribution >= 4 is 21.8 Å². The van der Waals surface area contributed by atoms with Crippen LogP contribution in [0.5, 0.6) is 17.4 Å². The number of halogens is 13. The number of aromatic nitrogens is 6. The average molecular weight is 951 g/mol. The van der Waals surface area contributed by atoms with E-state index in [4.69, 9.17) is 4.74 Å². The summed E-state index contributed by atoms with van der Waals surface area (Å²) in [4.78, 5) is 37.9. The van der Waals surface area contributed by atoms with Crippen LogP contribution < -0.4 is 15.9 Å². The van der Waals surface area contributed by atoms with E-state index in [-0.39, 0.29) is 33.4 Å². The summed E-state index contributed by atoms with van der Waals surface area (Å²) in [6.45, 7) is 2.91. The summed E-state index contributed by atoms with van der Waals surface area (Å²) in [5.74, 6) is -8.85. The van der Waals surface area contributed by atoms with Crippen LogP contribution in [0, 0.1) is 40.9 Å². The quantitative estimate of drug-likeness (QED) is 0.129. The molecule has 10 nitrogen and oxygen atoms in total. The summed E-state index contributed by atoms with van der Waals surface area (Å²) >= 11 is 0. The van der Waals surface area contributed by atoms with Crippen molar-refractivity contribution in [2.75, 3.05) is 0 Å². The second-order valence-electron chi connectivity index (χ2n) is 14.0. The number of rotatable bonds is 6. The maximum absolute atomic E-state index is 14.3. The van der Waals surface area contributed by atoms with Gasteiger partial charge in [0.2, 0.25) is 11.8 Å². The maximum atomic E-state index is 14.3. The molecule has 0 fully saturated rings. The minimum Gasteiger partial charge on any atom is -0.508 e. The normalized spacial score (nSPS) is 12.5. The Labute approximate surface area is 366 Å². The highest BCUT2D eigenvalue weighted by molar-refractivity contribution is 5.80. The lowest BCUT2D eigenvalue weighted by Crippen LogP contribution is -2.18. The van der Waals surface area contributed by atoms with Gasteiger partial charge in [0, 0.05) is 47.8 Å². The first-order chi connectivity index (χ1) is 31.5. The van der Waals surface area contributed by atoms with Crippen LogP contribution in [0.3, 0.4) is 0 Å². The number of benzene rings is 4. The number of alkyl halides is 6. The summed E-state index contributed by atoms with van der Waals surface area (Å²) in [6, 6.07) is 11.7. The Hall–Kier alpha value is -7.85. The van der Waals surface area contributed by atoms with Gasteiger partial charge in [0.05, 0.1) is 46.5 Å². The summed E-state index contributed by atoms with van der Waals surface area (Å²) in [7, 11) is 0. The van der Waals surface area contributed by atoms with Gasteiger partial charge in [0.15, 0.2) is 0 Å². The monoisotopic (exact) mass is 950 g/mol. The highest BCUT2D eigenvalue weighted by Crippen LogP contribution is 2.37. The molecule has 0 spiro atoms. The molecule has 8 aromatic rings. The van der Waals surface area contributed by atoms with Gasteiger partial charge in [-0.15, -0.1) is 0 Å². The molecule has 0 saturated heterocycles. The molecular formula is C44H27F13N6O4. The van der Waals surface area contributed by atoms with Crippen molar-refractivity contribution in [1.29, 1.82) is 0 Å². The Morgan fingerprint density at radius 2 is 0.985 bits per heavy atom. The first-order valence-corrected chi connectivity index (χ1v) is 18.8. The zero-order valence-electron chi connectivity index (χ0n) is 33.8. The van der Waals surface area contributed by atoms with Gasteiger partial charge in [-0.25, -0.2) is 36.3 Å². The molecule has 67 heavy (non-hydrogen) atoms. The summed E-state index contributed by atoms with van der Waals surface area (Å²) < 4.78 is 178. The molecule has 1 N–H and O–H groups in total. The lowest BCUT2D eigenvalue weighted by Gasteiger charge is -2.20. The van der Waals surface area contributed by atoms with Crippen molar-refractivity contribution in [2.24, 2.45) is 0 Å². The van der Waals surface area contributed by atoms with Crippen molar-refractivity contribution < 1.29 is 66.9 Å². The van der Waals surface area contributed by atoms with Crippen LogP contribution in [0.25, 0.3) is 21.8 Å². The molecule has 0 saturated carbocycles. The molecule has 0 aliphatic rings. The molecule has 8 rings (SSSR count). The third-order valence-corrected chi connectivity index (χ3v) is 9.68. The zero-order chi connectivity index (χ0) is 49.1. The summed E-state index contributed by atoms with van der Waals surface area (Å²) in [6.07, 6.45) is -5.06. The van der Waals surface area contributed by atoms with Crippen LogP contribution in [0.15, 0.2) is 120 Å². The molecule has 0 radical (unpaired) electrons. The Balaban J connectivity index is 0.000000188. The van der Waals surface area contributed by atoms with E-state index in [2.05, 4.69) is 19.9 Å². The van der Waals surface area contributed by atoms with Crippen LogP contribution in [0.4, 0.5) is 57.1 Å². The molecular weight excluding hydrogens is 923 g/mol. The molecule has 0 unspecified atom stereocenters. The van der Waals surface area contributed by atoms with Crippen molar-refractivity contribution in [2.45, 2.75) is 38.3 Å². The Bertz CT molecular complexity index is 3210. The fourth-order valence-corrected chi connectivity index (χ4v) is 6.59. The standard InChI is InChI=1S/C22H13F6N3O2.C16H11F3N2O2.C6H3F4N/c1-11(19-16(24)7-12(23)8-17(19)25)31-10-30-20(32)14-9-13(4-5-18(14)31)33-21-15(22(26,27)28)3-2-6-29-21;1-8(15-12(18)4-9(17)5-13(15)19)21-7-20-16(23)11-6-10(22)2-3-14(11)21;7-5-4(6(8,9)10)2-1-3-11-5/h2-11H,1H3;2-8,22H,1H3;1-3H/t11-;8-;/m00./s1. The number of phenols is 1. The van der Waals surface area contributed by atoms with Gasteiger partial charge >= 0.3 is 12.4 Å². The minimum absolute atomic E-state index is 0.0748. The predicted molar refractivity (Wildman–Crippen MR) is 212 cm³/mol. The molecule has 4 aromatic carbocycles. The van der Waals surface area contributed by atoms with E-state index < -0.39 is 99.0 Å². The molecule has 23 heteroatoms. The van der Waals surface area contributed by atoms with Crippen LogP contribution in [0.2, 0.25) is 0 Å². The van der Waals surface area contributed by atoms with Gasteiger partial charge in [-0.2, -0.15) is 40.7 Å². The van der Waals surface area contributed by atoms with E-state index in [1.54, 1.807) is 0 Å². The lowest BCUT2D eigenvalue weighted by molar-refractivity contribution is -0.140. The summed E-state index contributed by atoms with van der Waals surface area (Å²) in [5.41, 5.74) is -4.02. The maximum Gasteiger partial charge on any atom is 0.421 e. The number of pyridine rings is 2. The van der Waals surface area contributed by atoms with E-state index in [0.717, 1.165) is 49.3 Å². The van der Waals surface area contributed by atoms with Crippen LogP contribution >= 0.6 is 0 Å². The SMILES string of the molecule is C[C@@H](c1c(F)cc(F)cc1F)n1cnc(=O)c2cc(O)ccc21.C[C@@H](c1c(F)cc(F)cc1F)n1cnc(=O)c2cc(Oc3ncccc3C(F)(F)F)ccc21.Fc1ncccc1C(F)(F)F. The molecule has 0 aliphatic carbocycles. The van der Waals surface area contributed by atoms with Crippen molar-refractivity contribution in [3.05, 3.63) is 194 Å². The Kier molecular flexibility index (Phi) is 14.0. The number of ether oxygens (including phenoxy) is 1. The number of hydrogen-bond acceptors (Lipinski definition) is 8. The van der Waals surface area contributed by atoms with E-state index in [9.17, 15) is 71.8 Å². The van der Waals surface area contributed by atoms with Gasteiger partial charge in [0.1, 0.15) is 57.5 Å². The highest BCUT2D eigenvalue weighted by atomic mass is 19.4. The number of phenolic OH excluding ortho intramolecular Hbond substituents is 1. The van der Waals surface area contributed by atoms with E-state index in [1.807, 2.05) is 0 Å². The molecule has 0 amide bonds. The third kappa shape index (κ3) is 10.8. The lowest BCUT2D eigenvalue weighted by atomic mass is 10.1. The number of fused-ring (bicyclic) bond motifs is 2. The number of aromatic hydroxyl groups is 1. The van der Waals surface area contributed by atoms with E-state index in [1.165, 1.54) is 53.3 Å². The minimum atomic E-state index is -4.71. The smallest absolute Gasteiger partial charge is 0.421 e. The van der Waals surface area contributed by atoms with Crippen LogP contribution in [0.1, 0.15) is 48.2 Å². The molecule has 4 heterocycles. The van der Waals surface area contributed by atoms with Crippen LogP contribution in [-0.4, -0.2) is 34.2 Å². The second-order valence-corrected chi connectivity index (χ2v) is 14.0. The molecule has 4 aromatic heterocycles. The van der Waals surface area contributed by atoms with Gasteiger partial charge in [0.25, 0.3) is 11.1 Å². The zero-order valence-corrected chi connectivity index (χ0v) is 33.8. The van der Waals surface area contributed by atoms with Crippen LogP contribution in [-0.2, 0) is 12.4 Å². The van der Waals surface area contributed by atoms with Gasteiger partial charge < -0.3 is 19.0 Å². The van der Waals surface area contributed by atoms with Crippen molar-refractivity contribution in [3.8, 4) is 17.4 Å². The largest absolute Gasteiger partial charge is 0.508 e. The van der Waals surface area contributed by atoms with Gasteiger partial charge in [-0.3, -0.25) is 9.59 Å². The first-order valence-electron chi connectivity index (χ1n) is 18.8. The van der Waals surface area contributed by atoms with E-state index in [0.29, 0.717) is 35.8 Å². The van der Waals surface area contributed by atoms with Gasteiger partial charge in [-0.05, 0) is 74.5 Å². The molecule has 2 atom stereocenters. The third-order valence-electron chi connectivity index (χ3n) is 9.68. The Morgan fingerprint density at radius 3 is 1.43 bits per heavy atom. The summed E-state index contributed by atoms with van der Waals surface area (Å²) in [5, 5.41) is 9.52. The fraction of sp³-hybridized carbons (Fsp3) is 0.136. The molecule has 0 aliphatic heterocycles. The fourth-order valence-electron chi connectivity index (χ4n) is 6.59. The number of nitrogens with zero attached hydrogens (tertiary/aromatic N) is 6. The predicted octanol–water partition coefficient (Wildman–Crippen LogP) is 11.0. The first kappa shape index (κ1) is 48.6. The highest BCUT2D eigenvalue weighted by Gasteiger charge is 2.36. The van der Waals surface area contributed by atoms with Gasteiger partial charge in [-0.1, -0.05) is 0 Å².